The van der Waals surface area contributed by atoms with Gasteiger partial charge in [-0.2, -0.15) is 0 Å². The van der Waals surface area contributed by atoms with E-state index in [9.17, 15) is 0 Å². The lowest BCUT2D eigenvalue weighted by atomic mass is 9.92. The van der Waals surface area contributed by atoms with Crippen molar-refractivity contribution in [1.82, 2.24) is 0 Å². The molecule has 2 aromatic rings. The average Bonchev–Trinajstić information content (AvgIpc) is 2.42. The zero-order valence-electron chi connectivity index (χ0n) is 12.6. The van der Waals surface area contributed by atoms with Crippen molar-refractivity contribution in [3.63, 3.8) is 0 Å². The Hall–Kier alpha value is -1.08. The normalized spacial score (nSPS) is 12.4. The summed E-state index contributed by atoms with van der Waals surface area (Å²) >= 11 is 3.68. The molecule has 0 aliphatic heterocycles. The Morgan fingerprint density at radius 1 is 0.850 bits per heavy atom. The summed E-state index contributed by atoms with van der Waals surface area (Å²) in [7, 11) is 0. The topological polar surface area (TPSA) is 0 Å². The molecule has 1 heteroatoms. The van der Waals surface area contributed by atoms with Gasteiger partial charge in [0.1, 0.15) is 0 Å². The second kappa shape index (κ2) is 7.08. The van der Waals surface area contributed by atoms with Crippen LogP contribution in [-0.4, -0.2) is 5.33 Å². The third kappa shape index (κ3) is 4.21. The monoisotopic (exact) mass is 330 g/mol. The zero-order valence-corrected chi connectivity index (χ0v) is 14.2. The molecule has 1 unspecified atom stereocenters. The number of alkyl halides is 1. The highest BCUT2D eigenvalue weighted by Crippen LogP contribution is 2.19. The number of halogens is 1. The highest BCUT2D eigenvalue weighted by atomic mass is 79.9. The first-order valence-electron chi connectivity index (χ1n) is 7.26. The zero-order chi connectivity index (χ0) is 14.5. The van der Waals surface area contributed by atoms with Crippen molar-refractivity contribution in [3.8, 4) is 0 Å². The van der Waals surface area contributed by atoms with Crippen LogP contribution in [0.5, 0.6) is 0 Å². The van der Waals surface area contributed by atoms with Crippen molar-refractivity contribution in [3.05, 3.63) is 70.3 Å². The molecular weight excluding hydrogens is 308 g/mol. The van der Waals surface area contributed by atoms with Crippen LogP contribution in [0.4, 0.5) is 0 Å². The largest absolute Gasteiger partial charge is 0.0925 e. The highest BCUT2D eigenvalue weighted by Gasteiger charge is 2.10. The van der Waals surface area contributed by atoms with Gasteiger partial charge in [-0.05, 0) is 61.8 Å². The molecule has 0 aliphatic rings. The molecule has 2 aromatic carbocycles. The Kier molecular flexibility index (Phi) is 5.42. The lowest BCUT2D eigenvalue weighted by Crippen LogP contribution is -2.10. The van der Waals surface area contributed by atoms with Crippen molar-refractivity contribution in [2.45, 2.75) is 33.6 Å². The summed E-state index contributed by atoms with van der Waals surface area (Å²) in [5, 5.41) is 1.05. The first-order valence-corrected chi connectivity index (χ1v) is 8.38. The van der Waals surface area contributed by atoms with E-state index in [1.807, 2.05) is 0 Å². The van der Waals surface area contributed by atoms with Crippen molar-refractivity contribution >= 4 is 15.9 Å². The summed E-state index contributed by atoms with van der Waals surface area (Å²) in [6.45, 7) is 6.53. The molecule has 0 aliphatic carbocycles. The van der Waals surface area contributed by atoms with E-state index in [-0.39, 0.29) is 0 Å². The maximum atomic E-state index is 3.68. The maximum absolute atomic E-state index is 3.68. The predicted octanol–water partition coefficient (Wildman–Crippen LogP) is 5.41. The van der Waals surface area contributed by atoms with Crippen LogP contribution < -0.4 is 0 Å². The third-order valence-corrected chi connectivity index (χ3v) is 4.84. The van der Waals surface area contributed by atoms with Gasteiger partial charge in [-0.3, -0.25) is 0 Å². The van der Waals surface area contributed by atoms with E-state index < -0.39 is 0 Å². The molecule has 0 saturated carbocycles. The van der Waals surface area contributed by atoms with E-state index in [1.165, 1.54) is 27.8 Å². The van der Waals surface area contributed by atoms with Crippen molar-refractivity contribution in [2.75, 3.05) is 5.33 Å². The first kappa shape index (κ1) is 15.3. The molecule has 1 atom stereocenters. The van der Waals surface area contributed by atoms with Crippen LogP contribution in [0, 0.1) is 26.7 Å². The predicted molar refractivity (Wildman–Crippen MR) is 91.8 cm³/mol. The number of aryl methyl sites for hydroxylation is 3. The van der Waals surface area contributed by atoms with E-state index in [0.717, 1.165) is 18.2 Å². The van der Waals surface area contributed by atoms with Crippen LogP contribution in [0.2, 0.25) is 0 Å². The molecule has 2 rings (SSSR count). The molecular formula is C19H23Br. The molecule has 106 valence electrons. The summed E-state index contributed by atoms with van der Waals surface area (Å²) in [6.07, 6.45) is 2.28. The molecule has 0 heterocycles. The van der Waals surface area contributed by atoms with E-state index in [2.05, 4.69) is 79.2 Å². The Labute approximate surface area is 131 Å². The third-order valence-electron chi connectivity index (χ3n) is 3.92. The van der Waals surface area contributed by atoms with E-state index in [1.54, 1.807) is 0 Å². The first-order chi connectivity index (χ1) is 9.58. The molecule has 20 heavy (non-hydrogen) atoms. The van der Waals surface area contributed by atoms with Gasteiger partial charge in [0, 0.05) is 5.33 Å². The van der Waals surface area contributed by atoms with Gasteiger partial charge in [-0.1, -0.05) is 64.0 Å². The fraction of sp³-hybridized carbons (Fsp3) is 0.368. The molecule has 0 amide bonds. The van der Waals surface area contributed by atoms with Crippen LogP contribution in [0.3, 0.4) is 0 Å². The van der Waals surface area contributed by atoms with Gasteiger partial charge in [0.2, 0.25) is 0 Å². The van der Waals surface area contributed by atoms with Crippen LogP contribution >= 0.6 is 15.9 Å². The molecule has 0 bridgehead atoms. The smallest absolute Gasteiger partial charge is 0.00660 e. The molecule has 0 radical (unpaired) electrons. The Bertz CT molecular complexity index is 572. The molecule has 0 spiro atoms. The Balaban J connectivity index is 2.07. The van der Waals surface area contributed by atoms with Crippen molar-refractivity contribution in [2.24, 2.45) is 5.92 Å². The minimum atomic E-state index is 0.652. The summed E-state index contributed by atoms with van der Waals surface area (Å²) < 4.78 is 0. The van der Waals surface area contributed by atoms with Gasteiger partial charge in [0.25, 0.3) is 0 Å². The minimum absolute atomic E-state index is 0.652. The van der Waals surface area contributed by atoms with Crippen molar-refractivity contribution in [1.29, 1.82) is 0 Å². The number of hydrogen-bond acceptors (Lipinski definition) is 0. The van der Waals surface area contributed by atoms with E-state index >= 15 is 0 Å². The van der Waals surface area contributed by atoms with Crippen LogP contribution in [0.25, 0.3) is 0 Å². The van der Waals surface area contributed by atoms with Crippen LogP contribution in [0.1, 0.15) is 27.8 Å². The van der Waals surface area contributed by atoms with Gasteiger partial charge >= 0.3 is 0 Å². The molecule has 0 saturated heterocycles. The van der Waals surface area contributed by atoms with Crippen LogP contribution in [-0.2, 0) is 12.8 Å². The van der Waals surface area contributed by atoms with Crippen LogP contribution in [0.15, 0.2) is 42.5 Å². The van der Waals surface area contributed by atoms with E-state index in [4.69, 9.17) is 0 Å². The number of hydrogen-bond donors (Lipinski definition) is 0. The molecule has 0 fully saturated rings. The summed E-state index contributed by atoms with van der Waals surface area (Å²) in [6, 6.07) is 15.7. The van der Waals surface area contributed by atoms with Gasteiger partial charge < -0.3 is 0 Å². The van der Waals surface area contributed by atoms with Gasteiger partial charge in [0.15, 0.2) is 0 Å². The Morgan fingerprint density at radius 2 is 1.55 bits per heavy atom. The fourth-order valence-corrected chi connectivity index (χ4v) is 3.08. The molecule has 0 aromatic heterocycles. The molecule has 0 N–H and O–H groups in total. The molecule has 0 nitrogen and oxygen atoms in total. The maximum Gasteiger partial charge on any atom is 0.00660 e. The summed E-state index contributed by atoms with van der Waals surface area (Å²) in [4.78, 5) is 0. The number of rotatable bonds is 5. The lowest BCUT2D eigenvalue weighted by molar-refractivity contribution is 0.591. The fourth-order valence-electron chi connectivity index (χ4n) is 2.62. The quantitative estimate of drug-likeness (QED) is 0.643. The van der Waals surface area contributed by atoms with E-state index in [0.29, 0.717) is 5.92 Å². The Morgan fingerprint density at radius 3 is 2.15 bits per heavy atom. The van der Waals surface area contributed by atoms with Gasteiger partial charge in [-0.25, -0.2) is 0 Å². The lowest BCUT2D eigenvalue weighted by Gasteiger charge is -2.15. The minimum Gasteiger partial charge on any atom is -0.0925 e. The van der Waals surface area contributed by atoms with Crippen molar-refractivity contribution < 1.29 is 0 Å². The second-order valence-corrected chi connectivity index (χ2v) is 6.48. The van der Waals surface area contributed by atoms with Gasteiger partial charge in [0.05, 0.1) is 0 Å². The van der Waals surface area contributed by atoms with Gasteiger partial charge in [-0.15, -0.1) is 0 Å². The second-order valence-electron chi connectivity index (χ2n) is 5.84. The standard InChI is InChI=1S/C19H23Br/c1-14-5-4-6-17(9-14)11-19(13-20)12-18-8-7-15(2)16(3)10-18/h4-10,19H,11-13H2,1-3H3. The summed E-state index contributed by atoms with van der Waals surface area (Å²) in [5.74, 6) is 0.652. The SMILES string of the molecule is Cc1cccc(CC(CBr)Cc2ccc(C)c(C)c2)c1. The number of benzene rings is 2. The summed E-state index contributed by atoms with van der Waals surface area (Å²) in [5.41, 5.74) is 7.01. The average molecular weight is 331 g/mol. The highest BCUT2D eigenvalue weighted by molar-refractivity contribution is 9.09.